The van der Waals surface area contributed by atoms with Crippen molar-refractivity contribution in [3.63, 3.8) is 0 Å². The minimum absolute atomic E-state index is 0.00539. The van der Waals surface area contributed by atoms with E-state index in [2.05, 4.69) is 44.3 Å². The fourth-order valence-corrected chi connectivity index (χ4v) is 5.04. The first-order valence-electron chi connectivity index (χ1n) is 13.3. The van der Waals surface area contributed by atoms with E-state index in [-0.39, 0.29) is 18.5 Å². The summed E-state index contributed by atoms with van der Waals surface area (Å²) in [6.45, 7) is 2.43. The van der Waals surface area contributed by atoms with Crippen LogP contribution >= 0.6 is 0 Å². The highest BCUT2D eigenvalue weighted by Crippen LogP contribution is 2.34. The van der Waals surface area contributed by atoms with E-state index in [1.165, 1.54) is 18.2 Å². The van der Waals surface area contributed by atoms with Gasteiger partial charge in [-0.25, -0.2) is 9.78 Å². The summed E-state index contributed by atoms with van der Waals surface area (Å²) in [4.78, 5) is 19.1. The second kappa shape index (κ2) is 12.2. The van der Waals surface area contributed by atoms with Gasteiger partial charge in [0, 0.05) is 18.1 Å². The first-order chi connectivity index (χ1) is 18.6. The Bertz CT molecular complexity index is 1320. The minimum atomic E-state index is -0.355. The van der Waals surface area contributed by atoms with Gasteiger partial charge in [-0.15, -0.1) is 0 Å². The van der Waals surface area contributed by atoms with E-state index in [4.69, 9.17) is 9.84 Å². The molecule has 0 unspecified atom stereocenters. The van der Waals surface area contributed by atoms with Gasteiger partial charge in [-0.05, 0) is 74.9 Å². The summed E-state index contributed by atoms with van der Waals surface area (Å²) in [5.74, 6) is 0.657. The number of imidazole rings is 1. The van der Waals surface area contributed by atoms with Crippen LogP contribution in [0.4, 0.5) is 0 Å². The molecule has 1 aliphatic rings. The average Bonchev–Trinajstić information content (AvgIpc) is 3.53. The van der Waals surface area contributed by atoms with E-state index >= 15 is 0 Å². The van der Waals surface area contributed by atoms with Crippen LogP contribution in [-0.4, -0.2) is 64.2 Å². The molecule has 9 heteroatoms. The van der Waals surface area contributed by atoms with Crippen molar-refractivity contribution in [3.8, 4) is 11.8 Å². The fraction of sp³-hybridized carbons (Fsp3) is 0.414. The molecule has 5 rings (SSSR count). The highest BCUT2D eigenvalue weighted by atomic mass is 16.6. The Labute approximate surface area is 222 Å². The van der Waals surface area contributed by atoms with Crippen molar-refractivity contribution in [2.75, 3.05) is 33.4 Å². The molecule has 0 spiro atoms. The molecular weight excluding hydrogens is 482 g/mol. The Hall–Kier alpha value is -3.69. The molecule has 38 heavy (non-hydrogen) atoms. The van der Waals surface area contributed by atoms with Crippen LogP contribution in [0.5, 0.6) is 5.88 Å². The molecule has 1 saturated heterocycles. The molecule has 1 aliphatic heterocycles. The Morgan fingerprint density at radius 1 is 1.05 bits per heavy atom. The summed E-state index contributed by atoms with van der Waals surface area (Å²) in [6.07, 6.45) is 5.23. The van der Waals surface area contributed by atoms with Gasteiger partial charge in [0.1, 0.15) is 6.61 Å². The van der Waals surface area contributed by atoms with Crippen LogP contribution in [0.15, 0.2) is 48.5 Å². The molecule has 2 aromatic heterocycles. The Kier molecular flexibility index (Phi) is 8.35. The molecule has 3 N–H and O–H groups in total. The van der Waals surface area contributed by atoms with E-state index in [1.807, 2.05) is 24.3 Å². The quantitative estimate of drug-likeness (QED) is 0.205. The van der Waals surface area contributed by atoms with Gasteiger partial charge in [-0.3, -0.25) is 0 Å². The molecule has 2 aromatic carbocycles. The van der Waals surface area contributed by atoms with Gasteiger partial charge in [-0.1, -0.05) is 36.4 Å². The number of fused-ring (bicyclic) bond motifs is 1. The number of methoxy groups -OCH3 is 1. The zero-order valence-corrected chi connectivity index (χ0v) is 21.8. The zero-order chi connectivity index (χ0) is 26.3. The van der Waals surface area contributed by atoms with Crippen LogP contribution in [0, 0.1) is 0 Å². The number of ether oxygens (including phenoxy) is 2. The lowest BCUT2D eigenvalue weighted by atomic mass is 9.90. The van der Waals surface area contributed by atoms with Crippen LogP contribution in [0.1, 0.15) is 47.6 Å². The van der Waals surface area contributed by atoms with E-state index in [0.717, 1.165) is 67.5 Å². The maximum Gasteiger partial charge on any atom is 0.331 e. The Balaban J connectivity index is 1.27. The molecule has 3 heterocycles. The largest absolute Gasteiger partial charge is 0.493 e. The number of carbonyl (C=O) groups is 1. The monoisotopic (exact) mass is 517 g/mol. The molecule has 0 amide bonds. The summed E-state index contributed by atoms with van der Waals surface area (Å²) in [5.41, 5.74) is 6.08. The number of carbonyl (C=O) groups excluding carboxylic acids is 1. The molecule has 4 aromatic rings. The van der Waals surface area contributed by atoms with Gasteiger partial charge in [0.25, 0.3) is 0 Å². The maximum atomic E-state index is 11.3. The van der Waals surface area contributed by atoms with Crippen molar-refractivity contribution in [2.24, 2.45) is 0 Å². The molecule has 0 atom stereocenters. The number of nitrogens with one attached hydrogen (secondary N) is 2. The molecule has 0 radical (unpaired) electrons. The van der Waals surface area contributed by atoms with Crippen LogP contribution in [0.25, 0.3) is 17.0 Å². The predicted molar refractivity (Wildman–Crippen MR) is 145 cm³/mol. The van der Waals surface area contributed by atoms with Crippen LogP contribution in [0.2, 0.25) is 0 Å². The van der Waals surface area contributed by atoms with Crippen molar-refractivity contribution < 1.29 is 19.4 Å². The number of rotatable bonds is 11. The third-order valence-electron chi connectivity index (χ3n) is 7.18. The van der Waals surface area contributed by atoms with Crippen molar-refractivity contribution >= 4 is 17.0 Å². The van der Waals surface area contributed by atoms with Crippen LogP contribution in [-0.2, 0) is 33.5 Å². The summed E-state index contributed by atoms with van der Waals surface area (Å²) >= 11 is 0. The number of H-pyrrole nitrogens is 1. The minimum Gasteiger partial charge on any atom is -0.493 e. The number of hydrogen-bond acceptors (Lipinski definition) is 7. The van der Waals surface area contributed by atoms with Crippen molar-refractivity contribution in [3.05, 3.63) is 70.9 Å². The third-order valence-corrected chi connectivity index (χ3v) is 7.18. The predicted octanol–water partition coefficient (Wildman–Crippen LogP) is 3.83. The van der Waals surface area contributed by atoms with Gasteiger partial charge in [0.2, 0.25) is 11.8 Å². The van der Waals surface area contributed by atoms with Gasteiger partial charge < -0.3 is 24.9 Å². The van der Waals surface area contributed by atoms with Crippen LogP contribution in [0.3, 0.4) is 0 Å². The first-order valence-corrected chi connectivity index (χ1v) is 13.3. The number of para-hydroxylation sites is 2. The van der Waals surface area contributed by atoms with E-state index in [1.54, 1.807) is 4.68 Å². The highest BCUT2D eigenvalue weighted by Gasteiger charge is 2.27. The second-order valence-electron chi connectivity index (χ2n) is 9.75. The van der Waals surface area contributed by atoms with Gasteiger partial charge in [0.15, 0.2) is 0 Å². The lowest BCUT2D eigenvalue weighted by molar-refractivity contribution is -0.145. The lowest BCUT2D eigenvalue weighted by Gasteiger charge is -2.21. The standard InChI is InChI=1S/C29H35N5O4/c1-37-26(35)19-38-18-4-5-20-8-10-21(11-9-20)12-13-23-27(22-14-16-30-17-15-22)33-34(28(23)36)29-31-24-6-2-3-7-25(24)32-29/h2-3,6-11,22,30,36H,4-5,12-19H2,1H3,(H,31,32). The van der Waals surface area contributed by atoms with Crippen molar-refractivity contribution in [1.29, 1.82) is 0 Å². The number of aromatic amines is 1. The van der Waals surface area contributed by atoms with Gasteiger partial charge in [-0.2, -0.15) is 9.78 Å². The van der Waals surface area contributed by atoms with E-state index in [9.17, 15) is 9.90 Å². The topological polar surface area (TPSA) is 114 Å². The zero-order valence-electron chi connectivity index (χ0n) is 21.8. The number of esters is 1. The fourth-order valence-electron chi connectivity index (χ4n) is 5.04. The number of aryl methyl sites for hydroxylation is 2. The molecule has 0 bridgehead atoms. The molecule has 1 fully saturated rings. The molecular formula is C29H35N5O4. The summed E-state index contributed by atoms with van der Waals surface area (Å²) in [5, 5.41) is 19.6. The smallest absolute Gasteiger partial charge is 0.331 e. The SMILES string of the molecule is COC(=O)COCCCc1ccc(CCc2c(C3CCNCC3)nn(-c3nc4ccccc4[nH]3)c2O)cc1. The molecule has 200 valence electrons. The highest BCUT2D eigenvalue weighted by molar-refractivity contribution is 5.76. The lowest BCUT2D eigenvalue weighted by Crippen LogP contribution is -2.27. The van der Waals surface area contributed by atoms with Crippen molar-refractivity contribution in [2.45, 2.75) is 44.4 Å². The number of hydrogen-bond donors (Lipinski definition) is 3. The third kappa shape index (κ3) is 6.06. The molecule has 0 saturated carbocycles. The molecule has 9 nitrogen and oxygen atoms in total. The number of aromatic nitrogens is 4. The summed E-state index contributed by atoms with van der Waals surface area (Å²) in [7, 11) is 1.36. The molecule has 0 aliphatic carbocycles. The van der Waals surface area contributed by atoms with E-state index < -0.39 is 0 Å². The summed E-state index contributed by atoms with van der Waals surface area (Å²) < 4.78 is 11.5. The number of aromatic hydroxyl groups is 1. The van der Waals surface area contributed by atoms with Gasteiger partial charge in [0.05, 0.1) is 23.8 Å². The first kappa shape index (κ1) is 25.9. The Morgan fingerprint density at radius 2 is 1.79 bits per heavy atom. The maximum absolute atomic E-state index is 11.3. The normalized spacial score (nSPS) is 14.2. The second-order valence-corrected chi connectivity index (χ2v) is 9.75. The summed E-state index contributed by atoms with van der Waals surface area (Å²) in [6, 6.07) is 16.4. The number of piperidine rings is 1. The van der Waals surface area contributed by atoms with Gasteiger partial charge >= 0.3 is 5.97 Å². The number of benzene rings is 2. The number of nitrogens with zero attached hydrogens (tertiary/aromatic N) is 3. The average molecular weight is 518 g/mol. The van der Waals surface area contributed by atoms with E-state index in [0.29, 0.717) is 24.9 Å². The van der Waals surface area contributed by atoms with Crippen molar-refractivity contribution in [1.82, 2.24) is 25.1 Å². The van der Waals surface area contributed by atoms with Crippen LogP contribution < -0.4 is 5.32 Å². The Morgan fingerprint density at radius 3 is 2.53 bits per heavy atom.